The fourth-order valence-corrected chi connectivity index (χ4v) is 3.94. The van der Waals surface area contributed by atoms with Gasteiger partial charge in [0.1, 0.15) is 0 Å². The van der Waals surface area contributed by atoms with Crippen molar-refractivity contribution in [1.29, 1.82) is 0 Å². The molecule has 0 amide bonds. The fraction of sp³-hybridized carbons (Fsp3) is 0.812. The molecule has 1 unspecified atom stereocenters. The lowest BCUT2D eigenvalue weighted by atomic mass is 9.85. The monoisotopic (exact) mass is 281 g/mol. The molecular weight excluding hydrogens is 254 g/mol. The van der Waals surface area contributed by atoms with Gasteiger partial charge in [0.15, 0.2) is 0 Å². The number of nitrogens with zero attached hydrogens (tertiary/aromatic N) is 1. The molecule has 108 valence electrons. The third-order valence-electron chi connectivity index (χ3n) is 4.06. The van der Waals surface area contributed by atoms with Crippen LogP contribution in [0.25, 0.3) is 0 Å². The second kappa shape index (κ2) is 6.36. The van der Waals surface area contributed by atoms with E-state index < -0.39 is 0 Å². The number of rotatable bonds is 4. The normalized spacial score (nSPS) is 19.6. The summed E-state index contributed by atoms with van der Waals surface area (Å²) in [5, 5.41) is 13.5. The highest BCUT2D eigenvalue weighted by atomic mass is 32.1. The van der Waals surface area contributed by atoms with Crippen LogP contribution in [0, 0.1) is 5.92 Å². The van der Waals surface area contributed by atoms with Gasteiger partial charge in [0.2, 0.25) is 0 Å². The van der Waals surface area contributed by atoms with Crippen LogP contribution in [-0.2, 0) is 11.8 Å². The van der Waals surface area contributed by atoms with E-state index in [1.165, 1.54) is 32.1 Å². The van der Waals surface area contributed by atoms with Gasteiger partial charge in [0.05, 0.1) is 16.8 Å². The van der Waals surface area contributed by atoms with Gasteiger partial charge in [0, 0.05) is 17.2 Å². The first-order valence-corrected chi connectivity index (χ1v) is 8.46. The summed E-state index contributed by atoms with van der Waals surface area (Å²) in [7, 11) is 0. The van der Waals surface area contributed by atoms with Crippen molar-refractivity contribution in [1.82, 2.24) is 4.98 Å². The van der Waals surface area contributed by atoms with Gasteiger partial charge in [-0.1, -0.05) is 52.9 Å². The Morgan fingerprint density at radius 2 is 2.00 bits per heavy atom. The zero-order chi connectivity index (χ0) is 13.9. The Morgan fingerprint density at radius 1 is 1.32 bits per heavy atom. The maximum atomic E-state index is 10.2. The van der Waals surface area contributed by atoms with Gasteiger partial charge >= 0.3 is 0 Å². The minimum absolute atomic E-state index is 0.114. The van der Waals surface area contributed by atoms with Crippen molar-refractivity contribution in [2.24, 2.45) is 5.92 Å². The average molecular weight is 281 g/mol. The van der Waals surface area contributed by atoms with E-state index in [0.29, 0.717) is 0 Å². The molecule has 0 spiro atoms. The lowest BCUT2D eigenvalue weighted by Gasteiger charge is -2.23. The van der Waals surface area contributed by atoms with Crippen LogP contribution in [0.5, 0.6) is 0 Å². The lowest BCUT2D eigenvalue weighted by molar-refractivity contribution is 0.130. The third kappa shape index (κ3) is 4.57. The summed E-state index contributed by atoms with van der Waals surface area (Å²) in [4.78, 5) is 4.67. The third-order valence-corrected chi connectivity index (χ3v) is 4.93. The van der Waals surface area contributed by atoms with E-state index in [4.69, 9.17) is 0 Å². The number of hydrogen-bond donors (Lipinski definition) is 1. The molecule has 1 aliphatic carbocycles. The topological polar surface area (TPSA) is 33.1 Å². The molecular formula is C16H27NOS. The summed E-state index contributed by atoms with van der Waals surface area (Å²) in [6, 6.07) is 0. The molecule has 0 aliphatic heterocycles. The number of hydrogen-bond acceptors (Lipinski definition) is 3. The highest BCUT2D eigenvalue weighted by Crippen LogP contribution is 2.29. The second-order valence-corrected chi connectivity index (χ2v) is 7.92. The van der Waals surface area contributed by atoms with E-state index in [0.717, 1.165) is 29.5 Å². The molecule has 1 aliphatic rings. The molecule has 1 atom stereocenters. The first-order chi connectivity index (χ1) is 8.95. The Kier molecular flexibility index (Phi) is 5.02. The zero-order valence-electron chi connectivity index (χ0n) is 12.5. The van der Waals surface area contributed by atoms with Gasteiger partial charge in [-0.05, 0) is 12.3 Å². The Morgan fingerprint density at radius 3 is 2.58 bits per heavy atom. The van der Waals surface area contributed by atoms with Gasteiger partial charge in [-0.15, -0.1) is 11.3 Å². The quantitative estimate of drug-likeness (QED) is 0.892. The van der Waals surface area contributed by atoms with Crippen molar-refractivity contribution >= 4 is 11.3 Å². The van der Waals surface area contributed by atoms with Crippen LogP contribution in [0.2, 0.25) is 0 Å². The van der Waals surface area contributed by atoms with Gasteiger partial charge < -0.3 is 5.11 Å². The smallest absolute Gasteiger partial charge is 0.0954 e. The first kappa shape index (κ1) is 15.0. The predicted octanol–water partition coefficient (Wildman–Crippen LogP) is 4.31. The summed E-state index contributed by atoms with van der Waals surface area (Å²) < 4.78 is 0. The van der Waals surface area contributed by atoms with E-state index in [1.54, 1.807) is 11.3 Å². The highest BCUT2D eigenvalue weighted by molar-refractivity contribution is 7.09. The second-order valence-electron chi connectivity index (χ2n) is 6.97. The molecule has 2 nitrogen and oxygen atoms in total. The van der Waals surface area contributed by atoms with Crippen molar-refractivity contribution in [2.75, 3.05) is 0 Å². The predicted molar refractivity (Wildman–Crippen MR) is 81.7 cm³/mol. The minimum Gasteiger partial charge on any atom is -0.393 e. The highest BCUT2D eigenvalue weighted by Gasteiger charge is 2.21. The summed E-state index contributed by atoms with van der Waals surface area (Å²) in [6.45, 7) is 6.55. The van der Waals surface area contributed by atoms with Crippen molar-refractivity contribution < 1.29 is 5.11 Å². The maximum absolute atomic E-state index is 10.2. The van der Waals surface area contributed by atoms with Crippen LogP contribution in [0.1, 0.15) is 70.0 Å². The van der Waals surface area contributed by atoms with Gasteiger partial charge in [-0.3, -0.25) is 0 Å². The lowest BCUT2D eigenvalue weighted by Crippen LogP contribution is -2.18. The molecule has 19 heavy (non-hydrogen) atoms. The summed E-state index contributed by atoms with van der Waals surface area (Å²) in [6.07, 6.45) is 8.19. The molecule has 1 fully saturated rings. The molecule has 0 bridgehead atoms. The Labute approximate surface area is 121 Å². The fourth-order valence-electron chi connectivity index (χ4n) is 2.84. The molecule has 3 heteroatoms. The van der Waals surface area contributed by atoms with Gasteiger partial charge in [-0.2, -0.15) is 0 Å². The van der Waals surface area contributed by atoms with Gasteiger partial charge in [-0.25, -0.2) is 4.98 Å². The average Bonchev–Trinajstić information content (AvgIpc) is 2.78. The molecule has 2 rings (SSSR count). The molecule has 1 saturated carbocycles. The van der Waals surface area contributed by atoms with Crippen LogP contribution in [0.15, 0.2) is 5.38 Å². The van der Waals surface area contributed by atoms with Crippen molar-refractivity contribution in [3.05, 3.63) is 16.1 Å². The number of aromatic nitrogens is 1. The van der Waals surface area contributed by atoms with Crippen molar-refractivity contribution in [3.63, 3.8) is 0 Å². The van der Waals surface area contributed by atoms with Crippen LogP contribution in [0.3, 0.4) is 0 Å². The first-order valence-electron chi connectivity index (χ1n) is 7.58. The maximum Gasteiger partial charge on any atom is 0.0954 e. The SMILES string of the molecule is CC(C)(C)c1csc(CC(O)CC2CCCCC2)n1. The van der Waals surface area contributed by atoms with Crippen LogP contribution >= 0.6 is 11.3 Å². The molecule has 1 aromatic heterocycles. The summed E-state index contributed by atoms with van der Waals surface area (Å²) >= 11 is 1.70. The Hall–Kier alpha value is -0.410. The van der Waals surface area contributed by atoms with Crippen LogP contribution < -0.4 is 0 Å². The van der Waals surface area contributed by atoms with E-state index in [-0.39, 0.29) is 11.5 Å². The molecule has 0 radical (unpaired) electrons. The van der Waals surface area contributed by atoms with Crippen molar-refractivity contribution in [2.45, 2.75) is 77.2 Å². The summed E-state index contributed by atoms with van der Waals surface area (Å²) in [5.74, 6) is 0.741. The van der Waals surface area contributed by atoms with Crippen LogP contribution in [-0.4, -0.2) is 16.2 Å². The molecule has 1 aromatic rings. The van der Waals surface area contributed by atoms with E-state index >= 15 is 0 Å². The Bertz CT molecular complexity index is 388. The minimum atomic E-state index is -0.206. The zero-order valence-corrected chi connectivity index (χ0v) is 13.3. The number of aliphatic hydroxyl groups is 1. The number of aliphatic hydroxyl groups excluding tert-OH is 1. The molecule has 0 saturated heterocycles. The molecule has 1 heterocycles. The summed E-state index contributed by atoms with van der Waals surface area (Å²) in [5.41, 5.74) is 1.26. The van der Waals surface area contributed by atoms with E-state index in [2.05, 4.69) is 31.1 Å². The molecule has 1 N–H and O–H groups in total. The number of thiazole rings is 1. The van der Waals surface area contributed by atoms with E-state index in [1.807, 2.05) is 0 Å². The Balaban J connectivity index is 1.84. The largest absolute Gasteiger partial charge is 0.393 e. The van der Waals surface area contributed by atoms with E-state index in [9.17, 15) is 5.11 Å². The standard InChI is InChI=1S/C16H27NOS/c1-16(2,3)14-11-19-15(17-14)10-13(18)9-12-7-5-4-6-8-12/h11-13,18H,4-10H2,1-3H3. The molecule has 0 aromatic carbocycles. The van der Waals surface area contributed by atoms with Crippen molar-refractivity contribution in [3.8, 4) is 0 Å². The van der Waals surface area contributed by atoms with Gasteiger partial charge in [0.25, 0.3) is 0 Å². The van der Waals surface area contributed by atoms with Crippen LogP contribution in [0.4, 0.5) is 0 Å².